The zero-order valence-electron chi connectivity index (χ0n) is 10.3. The highest BCUT2D eigenvalue weighted by atomic mass is 32.2. The van der Waals surface area contributed by atoms with Crippen LogP contribution >= 0.6 is 24.0 Å². The molecule has 2 aliphatic heterocycles. The first-order valence-electron chi connectivity index (χ1n) is 5.88. The molecule has 1 aromatic carbocycles. The summed E-state index contributed by atoms with van der Waals surface area (Å²) in [5.74, 6) is 0.916. The van der Waals surface area contributed by atoms with Gasteiger partial charge in [-0.15, -0.1) is 11.8 Å². The van der Waals surface area contributed by atoms with E-state index >= 15 is 0 Å². The molecule has 18 heavy (non-hydrogen) atoms. The van der Waals surface area contributed by atoms with Crippen LogP contribution in [-0.4, -0.2) is 32.6 Å². The van der Waals surface area contributed by atoms with E-state index in [1.807, 2.05) is 30.3 Å². The summed E-state index contributed by atoms with van der Waals surface area (Å²) in [5, 5.41) is 0.631. The molecule has 0 aromatic heterocycles. The largest absolute Gasteiger partial charge is 0.321 e. The molecule has 0 unspecified atom stereocenters. The number of thiocarbonyl (C=S) groups is 1. The van der Waals surface area contributed by atoms with Crippen LogP contribution in [0.25, 0.3) is 0 Å². The Morgan fingerprint density at radius 2 is 2.00 bits per heavy atom. The molecule has 5 heteroatoms. The molecule has 2 heterocycles. The summed E-state index contributed by atoms with van der Waals surface area (Å²) in [6.45, 7) is 4.23. The molecule has 0 radical (unpaired) electrons. The Labute approximate surface area is 116 Å². The van der Waals surface area contributed by atoms with Crippen LogP contribution in [0.5, 0.6) is 0 Å². The van der Waals surface area contributed by atoms with Crippen molar-refractivity contribution in [1.82, 2.24) is 4.90 Å². The number of hydrogen-bond acceptors (Lipinski definition) is 3. The summed E-state index contributed by atoms with van der Waals surface area (Å²) in [4.78, 5) is 16.1. The predicted octanol–water partition coefficient (Wildman–Crippen LogP) is 2.47. The van der Waals surface area contributed by atoms with Gasteiger partial charge in [-0.2, -0.15) is 0 Å². The summed E-state index contributed by atoms with van der Waals surface area (Å²) >= 11 is 7.29. The number of nitrogens with zero attached hydrogens (tertiary/aromatic N) is 2. The van der Waals surface area contributed by atoms with Gasteiger partial charge in [0.05, 0.1) is 10.6 Å². The molecular weight excluding hydrogens is 264 g/mol. The first kappa shape index (κ1) is 12.0. The lowest BCUT2D eigenvalue weighted by atomic mass is 10.2. The highest BCUT2D eigenvalue weighted by Crippen LogP contribution is 2.44. The van der Waals surface area contributed by atoms with Gasteiger partial charge in [0, 0.05) is 5.75 Å². The molecule has 1 atom stereocenters. The van der Waals surface area contributed by atoms with E-state index < -0.39 is 0 Å². The Hall–Kier alpha value is -1.07. The standard InChI is InChI=1S/C13H14N2OS2/c1-13(2)15-10(8-18-13)11(16)14(12(15)17)9-6-4-3-5-7-9/h3-7,10H,8H2,1-2H3/t10-/m0/s1. The molecule has 2 fully saturated rings. The van der Waals surface area contributed by atoms with Crippen molar-refractivity contribution in [2.45, 2.75) is 24.8 Å². The average molecular weight is 278 g/mol. The third kappa shape index (κ3) is 1.57. The van der Waals surface area contributed by atoms with Gasteiger partial charge in [-0.1, -0.05) is 18.2 Å². The summed E-state index contributed by atoms with van der Waals surface area (Å²) in [6.07, 6.45) is 0. The van der Waals surface area contributed by atoms with Crippen molar-refractivity contribution in [1.29, 1.82) is 0 Å². The normalized spacial score (nSPS) is 25.8. The Bertz CT molecular complexity index is 515. The van der Waals surface area contributed by atoms with Crippen LogP contribution in [0.3, 0.4) is 0 Å². The molecule has 94 valence electrons. The lowest BCUT2D eigenvalue weighted by Crippen LogP contribution is -2.43. The van der Waals surface area contributed by atoms with Gasteiger partial charge < -0.3 is 4.90 Å². The van der Waals surface area contributed by atoms with E-state index in [0.29, 0.717) is 5.11 Å². The van der Waals surface area contributed by atoms with Crippen molar-refractivity contribution in [2.24, 2.45) is 0 Å². The highest BCUT2D eigenvalue weighted by Gasteiger charge is 2.53. The van der Waals surface area contributed by atoms with Crippen LogP contribution < -0.4 is 4.90 Å². The second-order valence-corrected chi connectivity index (χ2v) is 6.92. The van der Waals surface area contributed by atoms with E-state index in [-0.39, 0.29) is 16.8 Å². The Morgan fingerprint density at radius 1 is 1.33 bits per heavy atom. The summed E-state index contributed by atoms with van der Waals surface area (Å²) < 4.78 is 0. The number of benzene rings is 1. The van der Waals surface area contributed by atoms with Crippen molar-refractivity contribution in [3.8, 4) is 0 Å². The van der Waals surface area contributed by atoms with Gasteiger partial charge in [0.2, 0.25) is 0 Å². The summed E-state index contributed by atoms with van der Waals surface area (Å²) in [5.41, 5.74) is 0.864. The highest BCUT2D eigenvalue weighted by molar-refractivity contribution is 8.01. The fourth-order valence-corrected chi connectivity index (χ4v) is 4.33. The number of para-hydroxylation sites is 1. The SMILES string of the molecule is CC1(C)SC[C@H]2C(=O)N(c3ccccc3)C(=S)N21. The number of thioether (sulfide) groups is 1. The van der Waals surface area contributed by atoms with E-state index in [1.54, 1.807) is 16.7 Å². The van der Waals surface area contributed by atoms with Gasteiger partial charge in [0.25, 0.3) is 5.91 Å². The molecule has 3 rings (SSSR count). The molecule has 2 aliphatic rings. The molecule has 2 saturated heterocycles. The maximum atomic E-state index is 12.5. The van der Waals surface area contributed by atoms with Gasteiger partial charge in [-0.05, 0) is 38.2 Å². The Morgan fingerprint density at radius 3 is 2.61 bits per heavy atom. The quantitative estimate of drug-likeness (QED) is 0.736. The van der Waals surface area contributed by atoms with E-state index in [0.717, 1.165) is 11.4 Å². The van der Waals surface area contributed by atoms with Crippen LogP contribution in [0.2, 0.25) is 0 Å². The van der Waals surface area contributed by atoms with E-state index in [4.69, 9.17) is 12.2 Å². The number of fused-ring (bicyclic) bond motifs is 1. The fourth-order valence-electron chi connectivity index (χ4n) is 2.51. The van der Waals surface area contributed by atoms with E-state index in [1.165, 1.54) is 0 Å². The lowest BCUT2D eigenvalue weighted by molar-refractivity contribution is -0.119. The molecule has 0 saturated carbocycles. The van der Waals surface area contributed by atoms with Crippen LogP contribution in [0, 0.1) is 0 Å². The lowest BCUT2D eigenvalue weighted by Gasteiger charge is -2.31. The maximum Gasteiger partial charge on any atom is 0.257 e. The minimum Gasteiger partial charge on any atom is -0.321 e. The van der Waals surface area contributed by atoms with Crippen molar-refractivity contribution in [2.75, 3.05) is 10.7 Å². The van der Waals surface area contributed by atoms with Gasteiger partial charge in [0.15, 0.2) is 5.11 Å². The van der Waals surface area contributed by atoms with Crippen molar-refractivity contribution in [3.05, 3.63) is 30.3 Å². The van der Waals surface area contributed by atoms with Gasteiger partial charge in [-0.25, -0.2) is 0 Å². The fraction of sp³-hybridized carbons (Fsp3) is 0.385. The number of amides is 1. The van der Waals surface area contributed by atoms with Crippen LogP contribution in [0.4, 0.5) is 5.69 Å². The maximum absolute atomic E-state index is 12.5. The number of hydrogen-bond donors (Lipinski definition) is 0. The van der Waals surface area contributed by atoms with Crippen molar-refractivity contribution >= 4 is 40.7 Å². The molecule has 0 N–H and O–H groups in total. The molecule has 0 aliphatic carbocycles. The zero-order chi connectivity index (χ0) is 12.9. The smallest absolute Gasteiger partial charge is 0.257 e. The van der Waals surface area contributed by atoms with Gasteiger partial charge in [0.1, 0.15) is 6.04 Å². The molecule has 0 spiro atoms. The van der Waals surface area contributed by atoms with Gasteiger partial charge in [-0.3, -0.25) is 9.69 Å². The third-order valence-electron chi connectivity index (χ3n) is 3.40. The number of rotatable bonds is 1. The predicted molar refractivity (Wildman–Crippen MR) is 78.7 cm³/mol. The average Bonchev–Trinajstić information content (AvgIpc) is 2.78. The molecule has 1 aromatic rings. The van der Waals surface area contributed by atoms with Crippen LogP contribution in [0.1, 0.15) is 13.8 Å². The van der Waals surface area contributed by atoms with E-state index in [2.05, 4.69) is 18.7 Å². The topological polar surface area (TPSA) is 23.6 Å². The second-order valence-electron chi connectivity index (χ2n) is 4.94. The van der Waals surface area contributed by atoms with Crippen molar-refractivity contribution < 1.29 is 4.79 Å². The van der Waals surface area contributed by atoms with Crippen LogP contribution in [-0.2, 0) is 4.79 Å². The van der Waals surface area contributed by atoms with E-state index in [9.17, 15) is 4.79 Å². The molecular formula is C13H14N2OS2. The molecule has 0 bridgehead atoms. The number of carbonyl (C=O) groups excluding carboxylic acids is 1. The second kappa shape index (κ2) is 3.96. The zero-order valence-corrected chi connectivity index (χ0v) is 11.9. The monoisotopic (exact) mass is 278 g/mol. The molecule has 1 amide bonds. The first-order valence-corrected chi connectivity index (χ1v) is 7.28. The van der Waals surface area contributed by atoms with Gasteiger partial charge >= 0.3 is 0 Å². The minimum atomic E-state index is -0.0993. The number of anilines is 1. The number of carbonyl (C=O) groups is 1. The Kier molecular flexibility index (Phi) is 2.64. The minimum absolute atomic E-state index is 0.0963. The van der Waals surface area contributed by atoms with Crippen molar-refractivity contribution in [3.63, 3.8) is 0 Å². The third-order valence-corrected chi connectivity index (χ3v) is 5.17. The van der Waals surface area contributed by atoms with Crippen LogP contribution in [0.15, 0.2) is 30.3 Å². The molecule has 3 nitrogen and oxygen atoms in total. The Balaban J connectivity index is 2.01. The summed E-state index contributed by atoms with van der Waals surface area (Å²) in [7, 11) is 0. The first-order chi connectivity index (χ1) is 8.52. The summed E-state index contributed by atoms with van der Waals surface area (Å²) in [6, 6.07) is 9.54.